The van der Waals surface area contributed by atoms with Crippen molar-refractivity contribution in [2.24, 2.45) is 0 Å². The van der Waals surface area contributed by atoms with Gasteiger partial charge < -0.3 is 24.0 Å². The average Bonchev–Trinajstić information content (AvgIpc) is 3.16. The molecule has 0 aliphatic carbocycles. The Morgan fingerprint density at radius 2 is 1.94 bits per heavy atom. The number of fused-ring (bicyclic) bond motifs is 1. The summed E-state index contributed by atoms with van der Waals surface area (Å²) in [7, 11) is 1.69. The third-order valence-corrected chi connectivity index (χ3v) is 5.75. The van der Waals surface area contributed by atoms with Gasteiger partial charge in [-0.15, -0.1) is 0 Å². The highest BCUT2D eigenvalue weighted by Crippen LogP contribution is 2.36. The number of nitrogens with zero attached hydrogens (tertiary/aromatic N) is 2. The first-order chi connectivity index (χ1) is 15.1. The average molecular weight is 423 g/mol. The highest BCUT2D eigenvalue weighted by molar-refractivity contribution is 5.92. The Morgan fingerprint density at radius 1 is 1.16 bits per heavy atom. The first kappa shape index (κ1) is 21.1. The molecule has 0 N–H and O–H groups in total. The van der Waals surface area contributed by atoms with Crippen molar-refractivity contribution in [3.8, 4) is 17.2 Å². The number of para-hydroxylation sites is 2. The third-order valence-electron chi connectivity index (χ3n) is 5.75. The molecule has 0 radical (unpaired) electrons. The van der Waals surface area contributed by atoms with Crippen molar-refractivity contribution < 1.29 is 19.0 Å². The van der Waals surface area contributed by atoms with Crippen LogP contribution in [0.15, 0.2) is 42.5 Å². The Labute approximate surface area is 184 Å². The summed E-state index contributed by atoms with van der Waals surface area (Å²) in [6.07, 6.45) is 4.54. The fourth-order valence-corrected chi connectivity index (χ4v) is 4.19. The second kappa shape index (κ2) is 9.33. The molecule has 1 atom stereocenters. The molecule has 1 saturated heterocycles. The summed E-state index contributed by atoms with van der Waals surface area (Å²) >= 11 is 0. The Bertz CT molecular complexity index is 964. The van der Waals surface area contributed by atoms with Gasteiger partial charge in [0, 0.05) is 49.8 Å². The van der Waals surface area contributed by atoms with E-state index in [0.717, 1.165) is 53.6 Å². The van der Waals surface area contributed by atoms with Crippen LogP contribution in [0.5, 0.6) is 17.2 Å². The molecular weight excluding hydrogens is 392 g/mol. The van der Waals surface area contributed by atoms with Crippen LogP contribution < -0.4 is 19.1 Å². The summed E-state index contributed by atoms with van der Waals surface area (Å²) < 4.78 is 17.2. The van der Waals surface area contributed by atoms with Crippen molar-refractivity contribution in [2.45, 2.75) is 26.4 Å². The van der Waals surface area contributed by atoms with Crippen molar-refractivity contribution in [3.63, 3.8) is 0 Å². The van der Waals surface area contributed by atoms with Crippen molar-refractivity contribution in [1.82, 2.24) is 4.90 Å². The van der Waals surface area contributed by atoms with Gasteiger partial charge in [-0.3, -0.25) is 4.79 Å². The summed E-state index contributed by atoms with van der Waals surface area (Å²) in [5.41, 5.74) is 3.10. The number of hydrogen-bond acceptors (Lipinski definition) is 5. The molecule has 0 unspecified atom stereocenters. The molecule has 0 bridgehead atoms. The lowest BCUT2D eigenvalue weighted by atomic mass is 10.1. The van der Waals surface area contributed by atoms with Crippen LogP contribution in [0.1, 0.15) is 25.0 Å². The zero-order valence-corrected chi connectivity index (χ0v) is 18.5. The highest BCUT2D eigenvalue weighted by atomic mass is 16.5. The van der Waals surface area contributed by atoms with Crippen LogP contribution in [0.4, 0.5) is 5.69 Å². The second-order valence-electron chi connectivity index (χ2n) is 7.88. The first-order valence-electron chi connectivity index (χ1n) is 10.9. The summed E-state index contributed by atoms with van der Waals surface area (Å²) in [5, 5.41) is 0. The van der Waals surface area contributed by atoms with E-state index in [1.54, 1.807) is 13.2 Å². The van der Waals surface area contributed by atoms with E-state index in [2.05, 4.69) is 17.9 Å². The van der Waals surface area contributed by atoms with E-state index in [1.807, 2.05) is 48.2 Å². The zero-order chi connectivity index (χ0) is 21.8. The number of piperazine rings is 1. The molecule has 1 amide bonds. The van der Waals surface area contributed by atoms with E-state index in [1.165, 1.54) is 0 Å². The molecule has 164 valence electrons. The minimum atomic E-state index is 0.0110. The van der Waals surface area contributed by atoms with Gasteiger partial charge in [0.2, 0.25) is 5.91 Å². The van der Waals surface area contributed by atoms with Gasteiger partial charge in [0.05, 0.1) is 19.4 Å². The van der Waals surface area contributed by atoms with Gasteiger partial charge in [-0.2, -0.15) is 0 Å². The molecule has 2 aliphatic rings. The molecule has 0 spiro atoms. The molecule has 2 aromatic rings. The molecule has 2 aliphatic heterocycles. The van der Waals surface area contributed by atoms with Gasteiger partial charge in [-0.05, 0) is 44.2 Å². The molecule has 2 heterocycles. The Morgan fingerprint density at radius 3 is 2.68 bits per heavy atom. The standard InChI is InChI=1S/C25H30N2O4/c1-4-30-23-17-20-15-18(2)31-24(20)16-19(23)9-10-25(28)27-13-11-26(12-14-27)21-7-5-6-8-22(21)29-3/h5-10,16-18H,4,11-15H2,1-3H3/b10-9+/t18-/m1/s1. The molecule has 6 heteroatoms. The maximum Gasteiger partial charge on any atom is 0.246 e. The largest absolute Gasteiger partial charge is 0.495 e. The normalized spacial score (nSPS) is 18.1. The second-order valence-corrected chi connectivity index (χ2v) is 7.88. The van der Waals surface area contributed by atoms with Crippen LogP contribution in [0.3, 0.4) is 0 Å². The van der Waals surface area contributed by atoms with Gasteiger partial charge in [-0.25, -0.2) is 0 Å². The summed E-state index contributed by atoms with van der Waals surface area (Å²) in [6.45, 7) is 7.49. The van der Waals surface area contributed by atoms with Crippen LogP contribution in [0.2, 0.25) is 0 Å². The maximum atomic E-state index is 12.8. The first-order valence-corrected chi connectivity index (χ1v) is 10.9. The number of rotatable bonds is 6. The molecule has 31 heavy (non-hydrogen) atoms. The van der Waals surface area contributed by atoms with E-state index in [-0.39, 0.29) is 12.0 Å². The van der Waals surface area contributed by atoms with Gasteiger partial charge in [-0.1, -0.05) is 12.1 Å². The fraction of sp³-hybridized carbons (Fsp3) is 0.400. The van der Waals surface area contributed by atoms with Gasteiger partial charge in [0.25, 0.3) is 0 Å². The van der Waals surface area contributed by atoms with E-state index in [9.17, 15) is 4.79 Å². The van der Waals surface area contributed by atoms with Crippen LogP contribution >= 0.6 is 0 Å². The number of hydrogen-bond donors (Lipinski definition) is 0. The molecular formula is C25H30N2O4. The third kappa shape index (κ3) is 4.63. The number of ether oxygens (including phenoxy) is 3. The van der Waals surface area contributed by atoms with Gasteiger partial charge in [0.1, 0.15) is 23.4 Å². The van der Waals surface area contributed by atoms with E-state index < -0.39 is 0 Å². The van der Waals surface area contributed by atoms with Crippen LogP contribution in [-0.2, 0) is 11.2 Å². The molecule has 0 aromatic heterocycles. The monoisotopic (exact) mass is 422 g/mol. The molecule has 0 saturated carbocycles. The molecule has 2 aromatic carbocycles. The van der Waals surface area contributed by atoms with Crippen molar-refractivity contribution >= 4 is 17.7 Å². The van der Waals surface area contributed by atoms with Crippen molar-refractivity contribution in [1.29, 1.82) is 0 Å². The van der Waals surface area contributed by atoms with Crippen LogP contribution in [0.25, 0.3) is 6.08 Å². The van der Waals surface area contributed by atoms with Crippen molar-refractivity contribution in [2.75, 3.05) is 44.8 Å². The lowest BCUT2D eigenvalue weighted by molar-refractivity contribution is -0.126. The SMILES string of the molecule is CCOc1cc2c(cc1/C=C/C(=O)N1CCN(c3ccccc3OC)CC1)O[C@H](C)C2. The predicted molar refractivity (Wildman–Crippen MR) is 122 cm³/mol. The maximum absolute atomic E-state index is 12.8. The highest BCUT2D eigenvalue weighted by Gasteiger charge is 2.23. The fourth-order valence-electron chi connectivity index (χ4n) is 4.19. The molecule has 4 rings (SSSR count). The van der Waals surface area contributed by atoms with Gasteiger partial charge in [0.15, 0.2) is 0 Å². The number of amides is 1. The Kier molecular flexibility index (Phi) is 6.35. The zero-order valence-electron chi connectivity index (χ0n) is 18.5. The topological polar surface area (TPSA) is 51.2 Å². The number of carbonyl (C=O) groups is 1. The number of methoxy groups -OCH3 is 1. The lowest BCUT2D eigenvalue weighted by Crippen LogP contribution is -2.48. The quantitative estimate of drug-likeness (QED) is 0.663. The minimum absolute atomic E-state index is 0.0110. The summed E-state index contributed by atoms with van der Waals surface area (Å²) in [5.74, 6) is 2.55. The summed E-state index contributed by atoms with van der Waals surface area (Å²) in [4.78, 5) is 17.0. The molecule has 6 nitrogen and oxygen atoms in total. The lowest BCUT2D eigenvalue weighted by Gasteiger charge is -2.36. The van der Waals surface area contributed by atoms with E-state index in [0.29, 0.717) is 19.7 Å². The summed E-state index contributed by atoms with van der Waals surface area (Å²) in [6, 6.07) is 12.0. The number of benzene rings is 2. The van der Waals surface area contributed by atoms with Crippen LogP contribution in [0, 0.1) is 0 Å². The van der Waals surface area contributed by atoms with Gasteiger partial charge >= 0.3 is 0 Å². The Balaban J connectivity index is 1.42. The van der Waals surface area contributed by atoms with E-state index >= 15 is 0 Å². The predicted octanol–water partition coefficient (Wildman–Crippen LogP) is 3.78. The van der Waals surface area contributed by atoms with Crippen molar-refractivity contribution in [3.05, 3.63) is 53.6 Å². The van der Waals surface area contributed by atoms with E-state index in [4.69, 9.17) is 14.2 Å². The Hall–Kier alpha value is -3.15. The minimum Gasteiger partial charge on any atom is -0.495 e. The molecule has 1 fully saturated rings. The van der Waals surface area contributed by atoms with Crippen LogP contribution in [-0.4, -0.2) is 56.8 Å². The smallest absolute Gasteiger partial charge is 0.246 e. The number of anilines is 1. The number of carbonyl (C=O) groups excluding carboxylic acids is 1.